The van der Waals surface area contributed by atoms with Gasteiger partial charge in [-0.2, -0.15) is 0 Å². The highest BCUT2D eigenvalue weighted by Gasteiger charge is 2.14. The zero-order valence-electron chi connectivity index (χ0n) is 11.3. The van der Waals surface area contributed by atoms with E-state index in [-0.39, 0.29) is 5.91 Å². The number of hydrogen-bond acceptors (Lipinski definition) is 3. The molecule has 0 bridgehead atoms. The van der Waals surface area contributed by atoms with E-state index in [2.05, 4.69) is 26.8 Å². The zero-order valence-corrected chi connectivity index (χ0v) is 13.6. The van der Waals surface area contributed by atoms with Gasteiger partial charge in [0.05, 0.1) is 5.69 Å². The van der Waals surface area contributed by atoms with Crippen LogP contribution in [0.4, 0.5) is 5.69 Å². The van der Waals surface area contributed by atoms with Crippen molar-refractivity contribution in [1.29, 1.82) is 0 Å². The summed E-state index contributed by atoms with van der Waals surface area (Å²) in [4.78, 5) is 11.9. The van der Waals surface area contributed by atoms with Crippen molar-refractivity contribution >= 4 is 39.1 Å². The van der Waals surface area contributed by atoms with Crippen molar-refractivity contribution in [2.24, 2.45) is 0 Å². The Hall–Kier alpha value is -1.72. The molecule has 2 rings (SSSR count). The number of benzene rings is 2. The van der Waals surface area contributed by atoms with Crippen LogP contribution in [0.3, 0.4) is 0 Å². The molecule has 2 N–H and O–H groups in total. The van der Waals surface area contributed by atoms with E-state index in [1.807, 2.05) is 12.1 Å². The van der Waals surface area contributed by atoms with Crippen molar-refractivity contribution < 1.29 is 9.53 Å². The maximum Gasteiger partial charge on any atom is 0.279 e. The Bertz CT molecular complexity index is 619. The van der Waals surface area contributed by atoms with Crippen LogP contribution in [0.15, 0.2) is 53.0 Å². The first kappa shape index (κ1) is 15.7. The maximum atomic E-state index is 11.9. The molecule has 0 spiro atoms. The third-order valence-corrected chi connectivity index (χ3v) is 3.41. The summed E-state index contributed by atoms with van der Waals surface area (Å²) in [7, 11) is 0. The zero-order chi connectivity index (χ0) is 15.2. The van der Waals surface area contributed by atoms with E-state index < -0.39 is 6.10 Å². The lowest BCUT2D eigenvalue weighted by molar-refractivity contribution is -0.126. The van der Waals surface area contributed by atoms with E-state index in [1.165, 1.54) is 0 Å². The van der Waals surface area contributed by atoms with Gasteiger partial charge in [-0.3, -0.25) is 15.6 Å². The van der Waals surface area contributed by atoms with Gasteiger partial charge in [0.1, 0.15) is 5.75 Å². The smallest absolute Gasteiger partial charge is 0.279 e. The van der Waals surface area contributed by atoms with Crippen molar-refractivity contribution in [3.05, 3.63) is 58.0 Å². The highest BCUT2D eigenvalue weighted by atomic mass is 79.9. The Balaban J connectivity index is 1.86. The molecule has 1 atom stereocenters. The van der Waals surface area contributed by atoms with Crippen LogP contribution in [-0.4, -0.2) is 12.0 Å². The Morgan fingerprint density at radius 2 is 1.95 bits per heavy atom. The van der Waals surface area contributed by atoms with Crippen LogP contribution in [-0.2, 0) is 4.79 Å². The van der Waals surface area contributed by atoms with Crippen molar-refractivity contribution in [2.75, 3.05) is 5.43 Å². The molecule has 0 radical (unpaired) electrons. The summed E-state index contributed by atoms with van der Waals surface area (Å²) in [6.45, 7) is 1.68. The lowest BCUT2D eigenvalue weighted by atomic mass is 10.3. The molecular formula is C15H14BrClN2O2. The number of anilines is 1. The molecule has 1 amide bonds. The van der Waals surface area contributed by atoms with Crippen LogP contribution in [0.5, 0.6) is 5.75 Å². The van der Waals surface area contributed by atoms with Crippen molar-refractivity contribution in [1.82, 2.24) is 5.43 Å². The van der Waals surface area contributed by atoms with Crippen molar-refractivity contribution in [3.8, 4) is 5.75 Å². The summed E-state index contributed by atoms with van der Waals surface area (Å²) in [6.07, 6.45) is -0.627. The first-order valence-electron chi connectivity index (χ1n) is 6.28. The molecule has 1 unspecified atom stereocenters. The van der Waals surface area contributed by atoms with E-state index in [0.29, 0.717) is 16.5 Å². The minimum absolute atomic E-state index is 0.280. The van der Waals surface area contributed by atoms with E-state index in [9.17, 15) is 4.79 Å². The Kier molecular flexibility index (Phi) is 5.47. The number of hydrogen-bond donors (Lipinski definition) is 2. The highest BCUT2D eigenvalue weighted by molar-refractivity contribution is 9.10. The summed E-state index contributed by atoms with van der Waals surface area (Å²) in [5, 5.41) is 0.591. The summed E-state index contributed by atoms with van der Waals surface area (Å²) in [5.74, 6) is 0.349. The molecule has 0 heterocycles. The first-order chi connectivity index (χ1) is 10.0. The van der Waals surface area contributed by atoms with Crippen LogP contribution >= 0.6 is 27.5 Å². The second-order valence-corrected chi connectivity index (χ2v) is 5.69. The van der Waals surface area contributed by atoms with Gasteiger partial charge in [0, 0.05) is 9.50 Å². The minimum atomic E-state index is -0.627. The van der Waals surface area contributed by atoms with Gasteiger partial charge in [-0.1, -0.05) is 33.6 Å². The fraction of sp³-hybridized carbons (Fsp3) is 0.133. The van der Waals surface area contributed by atoms with Crippen molar-refractivity contribution in [3.63, 3.8) is 0 Å². The maximum absolute atomic E-state index is 11.9. The van der Waals surface area contributed by atoms with Gasteiger partial charge in [0.2, 0.25) is 0 Å². The molecular weight excluding hydrogens is 356 g/mol. The Morgan fingerprint density at radius 3 is 2.62 bits per heavy atom. The monoisotopic (exact) mass is 368 g/mol. The predicted molar refractivity (Wildman–Crippen MR) is 87.4 cm³/mol. The van der Waals surface area contributed by atoms with Crippen LogP contribution < -0.4 is 15.6 Å². The fourth-order valence-corrected chi connectivity index (χ4v) is 2.03. The van der Waals surface area contributed by atoms with E-state index in [0.717, 1.165) is 4.47 Å². The molecule has 4 nitrogen and oxygen atoms in total. The molecule has 110 valence electrons. The number of hydrazine groups is 1. The molecule has 0 saturated carbocycles. The Morgan fingerprint density at radius 1 is 1.24 bits per heavy atom. The molecule has 0 saturated heterocycles. The lowest BCUT2D eigenvalue weighted by Gasteiger charge is -2.15. The normalized spacial score (nSPS) is 11.6. The van der Waals surface area contributed by atoms with Gasteiger partial charge in [0.25, 0.3) is 5.91 Å². The molecule has 6 heteroatoms. The van der Waals surface area contributed by atoms with Crippen LogP contribution in [0.2, 0.25) is 5.02 Å². The number of carbonyl (C=O) groups is 1. The summed E-state index contributed by atoms with van der Waals surface area (Å²) in [6, 6.07) is 14.3. The van der Waals surface area contributed by atoms with Gasteiger partial charge in [-0.25, -0.2) is 0 Å². The SMILES string of the molecule is CC(Oc1ccc(Br)cc1)C(=O)NNc1cccc(Cl)c1. The average molecular weight is 370 g/mol. The summed E-state index contributed by atoms with van der Waals surface area (Å²) < 4.78 is 6.50. The quantitative estimate of drug-likeness (QED) is 0.783. The number of carbonyl (C=O) groups excluding carboxylic acids is 1. The standard InChI is InChI=1S/C15H14BrClN2O2/c1-10(21-14-7-5-11(16)6-8-14)15(20)19-18-13-4-2-3-12(17)9-13/h2-10,18H,1H3,(H,19,20). The van der Waals surface area contributed by atoms with Crippen LogP contribution in [0.25, 0.3) is 0 Å². The molecule has 0 aromatic heterocycles. The second-order valence-electron chi connectivity index (χ2n) is 4.34. The van der Waals surface area contributed by atoms with Gasteiger partial charge < -0.3 is 4.74 Å². The first-order valence-corrected chi connectivity index (χ1v) is 7.45. The second kappa shape index (κ2) is 7.33. The molecule has 2 aromatic carbocycles. The number of ether oxygens (including phenoxy) is 1. The van der Waals surface area contributed by atoms with E-state index in [1.54, 1.807) is 43.3 Å². The third-order valence-electron chi connectivity index (χ3n) is 2.65. The number of amides is 1. The average Bonchev–Trinajstić information content (AvgIpc) is 2.47. The van der Waals surface area contributed by atoms with Gasteiger partial charge in [0.15, 0.2) is 6.10 Å². The molecule has 0 aliphatic rings. The summed E-state index contributed by atoms with van der Waals surface area (Å²) >= 11 is 9.20. The van der Waals surface area contributed by atoms with Crippen LogP contribution in [0, 0.1) is 0 Å². The number of nitrogens with one attached hydrogen (secondary N) is 2. The topological polar surface area (TPSA) is 50.4 Å². The largest absolute Gasteiger partial charge is 0.481 e. The van der Waals surface area contributed by atoms with Gasteiger partial charge in [-0.15, -0.1) is 0 Å². The van der Waals surface area contributed by atoms with E-state index in [4.69, 9.17) is 16.3 Å². The predicted octanol–water partition coefficient (Wildman–Crippen LogP) is 4.01. The summed E-state index contributed by atoms with van der Waals surface area (Å²) in [5.41, 5.74) is 6.07. The van der Waals surface area contributed by atoms with Crippen molar-refractivity contribution in [2.45, 2.75) is 13.0 Å². The number of rotatable bonds is 5. The highest BCUT2D eigenvalue weighted by Crippen LogP contribution is 2.17. The molecule has 21 heavy (non-hydrogen) atoms. The molecule has 0 aliphatic heterocycles. The minimum Gasteiger partial charge on any atom is -0.481 e. The third kappa shape index (κ3) is 4.95. The molecule has 0 aliphatic carbocycles. The molecule has 0 fully saturated rings. The van der Waals surface area contributed by atoms with Crippen LogP contribution in [0.1, 0.15) is 6.92 Å². The fourth-order valence-electron chi connectivity index (χ4n) is 1.57. The lowest BCUT2D eigenvalue weighted by Crippen LogP contribution is -2.39. The Labute approximate surface area is 136 Å². The molecule has 2 aromatic rings. The van der Waals surface area contributed by atoms with E-state index >= 15 is 0 Å². The number of halogens is 2. The van der Waals surface area contributed by atoms with Gasteiger partial charge >= 0.3 is 0 Å². The van der Waals surface area contributed by atoms with Gasteiger partial charge in [-0.05, 0) is 49.4 Å².